The minimum atomic E-state index is -0.936. The molecule has 3 heteroatoms. The van der Waals surface area contributed by atoms with Crippen molar-refractivity contribution in [1.29, 1.82) is 0 Å². The van der Waals surface area contributed by atoms with E-state index in [1.165, 1.54) is 77.0 Å². The van der Waals surface area contributed by atoms with Crippen molar-refractivity contribution in [1.82, 2.24) is 0 Å². The second-order valence-electron chi connectivity index (χ2n) is 7.29. The van der Waals surface area contributed by atoms with E-state index in [1.807, 2.05) is 6.08 Å². The molecule has 1 atom stereocenters. The van der Waals surface area contributed by atoms with E-state index in [0.717, 1.165) is 12.8 Å². The summed E-state index contributed by atoms with van der Waals surface area (Å²) in [5.41, 5.74) is 0.357. The summed E-state index contributed by atoms with van der Waals surface area (Å²) >= 11 is 0. The van der Waals surface area contributed by atoms with Gasteiger partial charge in [0.15, 0.2) is 0 Å². The largest absolute Gasteiger partial charge is 0.425 e. The summed E-state index contributed by atoms with van der Waals surface area (Å²) in [6, 6.07) is 0. The number of unbranched alkanes of at least 4 members (excludes halogenated alkanes) is 12. The summed E-state index contributed by atoms with van der Waals surface area (Å²) in [4.78, 5) is 11.5. The van der Waals surface area contributed by atoms with Crippen LogP contribution >= 0.6 is 0 Å². The standard InChI is InChI=1S/C23H38O3/c1-3-4-5-6-7-8-9-10-11-12-13-14-15-16-17-18-19-21-22(24)20(2)26-23(21)25/h6-7,19,22,24H,2-5,8-18H2,1H3/b7-6-,21-19-. The summed E-state index contributed by atoms with van der Waals surface area (Å²) < 4.78 is 4.81. The molecule has 1 aliphatic heterocycles. The Morgan fingerprint density at radius 3 is 1.88 bits per heavy atom. The average molecular weight is 363 g/mol. The first kappa shape index (κ1) is 22.7. The molecule has 1 heterocycles. The van der Waals surface area contributed by atoms with Crippen molar-refractivity contribution >= 4 is 5.97 Å². The summed E-state index contributed by atoms with van der Waals surface area (Å²) in [6.45, 7) is 5.76. The molecule has 1 saturated heterocycles. The van der Waals surface area contributed by atoms with Crippen LogP contribution in [-0.2, 0) is 9.53 Å². The van der Waals surface area contributed by atoms with Gasteiger partial charge in [-0.15, -0.1) is 0 Å². The molecule has 3 nitrogen and oxygen atoms in total. The third-order valence-electron chi connectivity index (χ3n) is 4.89. The van der Waals surface area contributed by atoms with Gasteiger partial charge >= 0.3 is 5.97 Å². The molecule has 0 spiro atoms. The van der Waals surface area contributed by atoms with Gasteiger partial charge in [0.2, 0.25) is 0 Å². The Hall–Kier alpha value is -1.35. The van der Waals surface area contributed by atoms with E-state index < -0.39 is 12.1 Å². The highest BCUT2D eigenvalue weighted by molar-refractivity contribution is 5.93. The average Bonchev–Trinajstić information content (AvgIpc) is 2.87. The van der Waals surface area contributed by atoms with Gasteiger partial charge in [-0.1, -0.05) is 89.5 Å². The van der Waals surface area contributed by atoms with Gasteiger partial charge in [0.05, 0.1) is 5.57 Å². The van der Waals surface area contributed by atoms with Crippen LogP contribution in [0.3, 0.4) is 0 Å². The maximum absolute atomic E-state index is 11.5. The van der Waals surface area contributed by atoms with E-state index in [1.54, 1.807) is 0 Å². The molecule has 0 aromatic rings. The zero-order chi connectivity index (χ0) is 19.0. The number of hydrogen-bond acceptors (Lipinski definition) is 3. The number of hydrogen-bond donors (Lipinski definition) is 1. The van der Waals surface area contributed by atoms with Crippen LogP contribution in [0.4, 0.5) is 0 Å². The number of allylic oxidation sites excluding steroid dienone is 3. The van der Waals surface area contributed by atoms with E-state index in [4.69, 9.17) is 4.74 Å². The van der Waals surface area contributed by atoms with Crippen LogP contribution < -0.4 is 0 Å². The molecule has 26 heavy (non-hydrogen) atoms. The van der Waals surface area contributed by atoms with Gasteiger partial charge in [0, 0.05) is 0 Å². The van der Waals surface area contributed by atoms with Gasteiger partial charge in [-0.3, -0.25) is 0 Å². The Morgan fingerprint density at radius 1 is 0.885 bits per heavy atom. The highest BCUT2D eigenvalue weighted by Gasteiger charge is 2.32. The summed E-state index contributed by atoms with van der Waals surface area (Å²) in [5.74, 6) is -0.298. The third-order valence-corrected chi connectivity index (χ3v) is 4.89. The van der Waals surface area contributed by atoms with Gasteiger partial charge in [0.25, 0.3) is 0 Å². The number of ether oxygens (including phenoxy) is 1. The maximum Gasteiger partial charge on any atom is 0.341 e. The van der Waals surface area contributed by atoms with Gasteiger partial charge < -0.3 is 9.84 Å². The van der Waals surface area contributed by atoms with Crippen molar-refractivity contribution in [2.24, 2.45) is 0 Å². The maximum atomic E-state index is 11.5. The predicted octanol–water partition coefficient (Wildman–Crippen LogP) is 6.38. The molecule has 0 amide bonds. The lowest BCUT2D eigenvalue weighted by atomic mass is 10.0. The molecule has 0 aromatic heterocycles. The van der Waals surface area contributed by atoms with Crippen molar-refractivity contribution in [3.8, 4) is 0 Å². The molecule has 1 N–H and O–H groups in total. The molecular formula is C23H38O3. The molecular weight excluding hydrogens is 324 g/mol. The quantitative estimate of drug-likeness (QED) is 0.159. The van der Waals surface area contributed by atoms with Gasteiger partial charge in [-0.25, -0.2) is 4.79 Å². The summed E-state index contributed by atoms with van der Waals surface area (Å²) in [6.07, 6.45) is 23.0. The Bertz CT molecular complexity index is 462. The molecule has 1 fully saturated rings. The van der Waals surface area contributed by atoms with Crippen LogP contribution in [0, 0.1) is 0 Å². The topological polar surface area (TPSA) is 46.5 Å². The smallest absolute Gasteiger partial charge is 0.341 e. The van der Waals surface area contributed by atoms with Crippen LogP contribution in [0.25, 0.3) is 0 Å². The van der Waals surface area contributed by atoms with Gasteiger partial charge in [-0.05, 0) is 32.1 Å². The zero-order valence-electron chi connectivity index (χ0n) is 16.7. The first-order chi connectivity index (χ1) is 12.7. The highest BCUT2D eigenvalue weighted by Crippen LogP contribution is 2.23. The number of carbonyl (C=O) groups excluding carboxylic acids is 1. The van der Waals surface area contributed by atoms with Crippen molar-refractivity contribution in [2.75, 3.05) is 0 Å². The number of cyclic esters (lactones) is 1. The fourth-order valence-electron chi connectivity index (χ4n) is 3.17. The first-order valence-corrected chi connectivity index (χ1v) is 10.6. The molecule has 148 valence electrons. The van der Waals surface area contributed by atoms with Gasteiger partial charge in [0.1, 0.15) is 11.9 Å². The van der Waals surface area contributed by atoms with Crippen LogP contribution in [0.1, 0.15) is 96.8 Å². The fourth-order valence-corrected chi connectivity index (χ4v) is 3.17. The van der Waals surface area contributed by atoms with E-state index in [-0.39, 0.29) is 5.76 Å². The van der Waals surface area contributed by atoms with E-state index in [0.29, 0.717) is 5.57 Å². The van der Waals surface area contributed by atoms with E-state index >= 15 is 0 Å². The Balaban J connectivity index is 1.86. The molecule has 0 saturated carbocycles. The molecule has 1 aliphatic rings. The van der Waals surface area contributed by atoms with Crippen molar-refractivity contribution in [2.45, 2.75) is 103 Å². The first-order valence-electron chi connectivity index (χ1n) is 10.6. The van der Waals surface area contributed by atoms with E-state index in [2.05, 4.69) is 25.7 Å². The van der Waals surface area contributed by atoms with Crippen molar-refractivity contribution in [3.05, 3.63) is 36.1 Å². The fraction of sp³-hybridized carbons (Fsp3) is 0.696. The predicted molar refractivity (Wildman–Crippen MR) is 109 cm³/mol. The molecule has 1 unspecified atom stereocenters. The number of esters is 1. The lowest BCUT2D eigenvalue weighted by molar-refractivity contribution is -0.132. The normalized spacial score (nSPS) is 19.0. The molecule has 0 bridgehead atoms. The van der Waals surface area contributed by atoms with Crippen LogP contribution in [-0.4, -0.2) is 17.2 Å². The number of carbonyl (C=O) groups is 1. The van der Waals surface area contributed by atoms with Crippen molar-refractivity contribution < 1.29 is 14.6 Å². The molecule has 0 aliphatic carbocycles. The molecule has 1 rings (SSSR count). The number of aliphatic hydroxyl groups is 1. The third kappa shape index (κ3) is 9.96. The monoisotopic (exact) mass is 362 g/mol. The molecule has 0 radical (unpaired) electrons. The second kappa shape index (κ2) is 14.8. The summed E-state index contributed by atoms with van der Waals surface area (Å²) in [5, 5.41) is 9.74. The minimum Gasteiger partial charge on any atom is -0.425 e. The van der Waals surface area contributed by atoms with Crippen LogP contribution in [0.15, 0.2) is 36.1 Å². The summed E-state index contributed by atoms with van der Waals surface area (Å²) in [7, 11) is 0. The van der Waals surface area contributed by atoms with Crippen molar-refractivity contribution in [3.63, 3.8) is 0 Å². The lowest BCUT2D eigenvalue weighted by Crippen LogP contribution is -2.07. The number of rotatable bonds is 15. The Labute approximate surface area is 160 Å². The van der Waals surface area contributed by atoms with Crippen LogP contribution in [0.5, 0.6) is 0 Å². The highest BCUT2D eigenvalue weighted by atomic mass is 16.6. The minimum absolute atomic E-state index is 0.147. The Morgan fingerprint density at radius 2 is 1.38 bits per heavy atom. The lowest BCUT2D eigenvalue weighted by Gasteiger charge is -2.02. The zero-order valence-corrected chi connectivity index (χ0v) is 16.7. The Kier molecular flexibility index (Phi) is 12.9. The van der Waals surface area contributed by atoms with E-state index in [9.17, 15) is 9.90 Å². The second-order valence-corrected chi connectivity index (χ2v) is 7.29. The van der Waals surface area contributed by atoms with Crippen LogP contribution in [0.2, 0.25) is 0 Å². The molecule has 0 aromatic carbocycles. The van der Waals surface area contributed by atoms with Gasteiger partial charge in [-0.2, -0.15) is 0 Å². The number of aliphatic hydroxyl groups excluding tert-OH is 1. The SMILES string of the molecule is C=C1OC(=O)/C(=C\CCCCCCCCCCC/C=C\CCCC)C1O.